The van der Waals surface area contributed by atoms with Gasteiger partial charge in [-0.05, 0) is 18.2 Å². The van der Waals surface area contributed by atoms with Crippen molar-refractivity contribution in [2.45, 2.75) is 6.04 Å². The Hall–Kier alpha value is -1.62. The van der Waals surface area contributed by atoms with Gasteiger partial charge in [0.2, 0.25) is 0 Å². The van der Waals surface area contributed by atoms with Crippen molar-refractivity contribution in [2.75, 3.05) is 7.11 Å². The van der Waals surface area contributed by atoms with E-state index in [0.717, 1.165) is 11.3 Å². The molecule has 0 spiro atoms. The van der Waals surface area contributed by atoms with Crippen LogP contribution in [0.5, 0.6) is 5.75 Å². The second-order valence-corrected chi connectivity index (χ2v) is 4.12. The lowest BCUT2D eigenvalue weighted by molar-refractivity contribution is 0.404. The maximum atomic E-state index is 6.14. The number of rotatable bonds is 4. The number of halogens is 1. The van der Waals surface area contributed by atoms with E-state index in [1.807, 2.05) is 24.3 Å². The van der Waals surface area contributed by atoms with Crippen LogP contribution in [0.25, 0.3) is 0 Å². The second-order valence-electron chi connectivity index (χ2n) is 3.71. The molecule has 0 aliphatic carbocycles. The molecular formula is C13H14ClN3O. The molecule has 4 nitrogen and oxygen atoms in total. The Morgan fingerprint density at radius 1 is 1.28 bits per heavy atom. The molecule has 2 rings (SSSR count). The van der Waals surface area contributed by atoms with Crippen LogP contribution in [0.1, 0.15) is 17.3 Å². The predicted octanol–water partition coefficient (Wildman–Crippen LogP) is 2.30. The molecule has 3 N–H and O–H groups in total. The highest BCUT2D eigenvalue weighted by molar-refractivity contribution is 6.31. The van der Waals surface area contributed by atoms with Crippen LogP contribution >= 0.6 is 11.6 Å². The van der Waals surface area contributed by atoms with E-state index in [9.17, 15) is 0 Å². The van der Waals surface area contributed by atoms with Crippen molar-refractivity contribution in [2.24, 2.45) is 5.84 Å². The van der Waals surface area contributed by atoms with E-state index in [0.29, 0.717) is 10.7 Å². The zero-order valence-electron chi connectivity index (χ0n) is 9.93. The van der Waals surface area contributed by atoms with Gasteiger partial charge in [0, 0.05) is 11.8 Å². The maximum absolute atomic E-state index is 6.14. The Balaban J connectivity index is 2.49. The molecule has 5 heteroatoms. The van der Waals surface area contributed by atoms with Gasteiger partial charge in [-0.2, -0.15) is 0 Å². The summed E-state index contributed by atoms with van der Waals surface area (Å²) < 4.78 is 5.32. The van der Waals surface area contributed by atoms with Crippen LogP contribution in [0.3, 0.4) is 0 Å². The molecule has 0 saturated carbocycles. The number of nitrogens with one attached hydrogen (secondary N) is 1. The number of benzene rings is 1. The first kappa shape index (κ1) is 12.8. The molecule has 0 saturated heterocycles. The molecule has 18 heavy (non-hydrogen) atoms. The first-order valence-electron chi connectivity index (χ1n) is 5.47. The van der Waals surface area contributed by atoms with Crippen LogP contribution in [-0.2, 0) is 0 Å². The SMILES string of the molecule is COc1ccccc1C(NN)c1ncccc1Cl. The summed E-state index contributed by atoms with van der Waals surface area (Å²) in [6, 6.07) is 10.9. The smallest absolute Gasteiger partial charge is 0.124 e. The lowest BCUT2D eigenvalue weighted by atomic mass is 10.0. The summed E-state index contributed by atoms with van der Waals surface area (Å²) in [5.74, 6) is 6.36. The highest BCUT2D eigenvalue weighted by Crippen LogP contribution is 2.31. The number of aromatic nitrogens is 1. The lowest BCUT2D eigenvalue weighted by Gasteiger charge is -2.19. The van der Waals surface area contributed by atoms with Gasteiger partial charge in [-0.25, -0.2) is 5.43 Å². The normalized spacial score (nSPS) is 12.2. The molecule has 0 fully saturated rings. The van der Waals surface area contributed by atoms with Gasteiger partial charge in [-0.3, -0.25) is 10.8 Å². The highest BCUT2D eigenvalue weighted by Gasteiger charge is 2.20. The standard InChI is InChI=1S/C13H14ClN3O/c1-18-11-7-3-2-5-9(11)12(17-15)13-10(14)6-4-8-16-13/h2-8,12,17H,15H2,1H3. The Morgan fingerprint density at radius 2 is 2.06 bits per heavy atom. The van der Waals surface area contributed by atoms with Crippen molar-refractivity contribution in [3.63, 3.8) is 0 Å². The summed E-state index contributed by atoms with van der Waals surface area (Å²) in [5.41, 5.74) is 4.29. The van der Waals surface area contributed by atoms with E-state index < -0.39 is 0 Å². The molecule has 0 bridgehead atoms. The van der Waals surface area contributed by atoms with Crippen LogP contribution in [0, 0.1) is 0 Å². The van der Waals surface area contributed by atoms with E-state index in [1.54, 1.807) is 25.4 Å². The van der Waals surface area contributed by atoms with Gasteiger partial charge in [0.05, 0.1) is 23.9 Å². The van der Waals surface area contributed by atoms with Gasteiger partial charge in [-0.1, -0.05) is 29.8 Å². The Labute approximate surface area is 111 Å². The maximum Gasteiger partial charge on any atom is 0.124 e. The van der Waals surface area contributed by atoms with Crippen LogP contribution in [0.15, 0.2) is 42.6 Å². The van der Waals surface area contributed by atoms with Crippen LogP contribution < -0.4 is 16.0 Å². The van der Waals surface area contributed by atoms with Crippen molar-refractivity contribution in [3.8, 4) is 5.75 Å². The molecule has 1 heterocycles. The predicted molar refractivity (Wildman–Crippen MR) is 71.4 cm³/mol. The molecule has 1 aromatic heterocycles. The van der Waals surface area contributed by atoms with Gasteiger partial charge in [0.15, 0.2) is 0 Å². The van der Waals surface area contributed by atoms with Gasteiger partial charge >= 0.3 is 0 Å². The topological polar surface area (TPSA) is 60.2 Å². The molecule has 0 radical (unpaired) electrons. The minimum Gasteiger partial charge on any atom is -0.496 e. The van der Waals surface area contributed by atoms with E-state index in [1.165, 1.54) is 0 Å². The minimum atomic E-state index is -0.310. The monoisotopic (exact) mass is 263 g/mol. The fourth-order valence-corrected chi connectivity index (χ4v) is 2.06. The third-order valence-electron chi connectivity index (χ3n) is 2.68. The average molecular weight is 264 g/mol. The zero-order chi connectivity index (χ0) is 13.0. The van der Waals surface area contributed by atoms with E-state index in [4.69, 9.17) is 22.2 Å². The largest absolute Gasteiger partial charge is 0.496 e. The molecule has 94 valence electrons. The van der Waals surface area contributed by atoms with Gasteiger partial charge in [0.25, 0.3) is 0 Å². The summed E-state index contributed by atoms with van der Waals surface area (Å²) >= 11 is 6.14. The number of hydrazine groups is 1. The molecule has 1 atom stereocenters. The average Bonchev–Trinajstić information content (AvgIpc) is 2.42. The highest BCUT2D eigenvalue weighted by atomic mass is 35.5. The lowest BCUT2D eigenvalue weighted by Crippen LogP contribution is -2.30. The molecule has 0 aliphatic rings. The summed E-state index contributed by atoms with van der Waals surface area (Å²) in [7, 11) is 1.62. The zero-order valence-corrected chi connectivity index (χ0v) is 10.7. The van der Waals surface area contributed by atoms with E-state index in [2.05, 4.69) is 10.4 Å². The van der Waals surface area contributed by atoms with Gasteiger partial charge in [-0.15, -0.1) is 0 Å². The number of nitrogens with two attached hydrogens (primary N) is 1. The third kappa shape index (κ3) is 2.46. The first-order chi connectivity index (χ1) is 8.77. The molecule has 1 unspecified atom stereocenters. The summed E-state index contributed by atoms with van der Waals surface area (Å²) in [6.07, 6.45) is 1.68. The number of ether oxygens (including phenoxy) is 1. The van der Waals surface area contributed by atoms with Crippen molar-refractivity contribution in [1.29, 1.82) is 0 Å². The third-order valence-corrected chi connectivity index (χ3v) is 3.00. The summed E-state index contributed by atoms with van der Waals surface area (Å²) in [6.45, 7) is 0. The summed E-state index contributed by atoms with van der Waals surface area (Å²) in [4.78, 5) is 4.27. The van der Waals surface area contributed by atoms with Crippen LogP contribution in [-0.4, -0.2) is 12.1 Å². The number of hydrogen-bond acceptors (Lipinski definition) is 4. The van der Waals surface area contributed by atoms with E-state index in [-0.39, 0.29) is 6.04 Å². The Kier molecular flexibility index (Phi) is 4.15. The minimum absolute atomic E-state index is 0.310. The Bertz CT molecular complexity index is 533. The van der Waals surface area contributed by atoms with Crippen molar-refractivity contribution in [1.82, 2.24) is 10.4 Å². The fraction of sp³-hybridized carbons (Fsp3) is 0.154. The van der Waals surface area contributed by atoms with Crippen molar-refractivity contribution in [3.05, 3.63) is 58.9 Å². The van der Waals surface area contributed by atoms with E-state index >= 15 is 0 Å². The molecule has 0 amide bonds. The number of hydrogen-bond donors (Lipinski definition) is 2. The number of pyridine rings is 1. The number of methoxy groups -OCH3 is 1. The van der Waals surface area contributed by atoms with Gasteiger partial charge < -0.3 is 4.74 Å². The second kappa shape index (κ2) is 5.82. The number of nitrogens with zero attached hydrogens (tertiary/aromatic N) is 1. The summed E-state index contributed by atoms with van der Waals surface area (Å²) in [5, 5.41) is 0.561. The van der Waals surface area contributed by atoms with Gasteiger partial charge in [0.1, 0.15) is 5.75 Å². The first-order valence-corrected chi connectivity index (χ1v) is 5.85. The Morgan fingerprint density at radius 3 is 2.72 bits per heavy atom. The molecular weight excluding hydrogens is 250 g/mol. The quantitative estimate of drug-likeness (QED) is 0.656. The van der Waals surface area contributed by atoms with Crippen LogP contribution in [0.2, 0.25) is 5.02 Å². The molecule has 0 aliphatic heterocycles. The number of para-hydroxylation sites is 1. The van der Waals surface area contributed by atoms with Crippen LogP contribution in [0.4, 0.5) is 0 Å². The van der Waals surface area contributed by atoms with Crippen molar-refractivity contribution >= 4 is 11.6 Å². The molecule has 2 aromatic rings. The molecule has 1 aromatic carbocycles. The van der Waals surface area contributed by atoms with Crippen molar-refractivity contribution < 1.29 is 4.74 Å². The fourth-order valence-electron chi connectivity index (χ4n) is 1.83.